The molecule has 2 heterocycles. The molecule has 0 saturated carbocycles. The fraction of sp³-hybridized carbons (Fsp3) is 0.750. The monoisotopic (exact) mass is 223 g/mol. The summed E-state index contributed by atoms with van der Waals surface area (Å²) in [6.07, 6.45) is 5.28. The van der Waals surface area contributed by atoms with E-state index in [1.54, 1.807) is 0 Å². The summed E-state index contributed by atoms with van der Waals surface area (Å²) in [5, 5.41) is 4.50. The second-order valence-corrected chi connectivity index (χ2v) is 4.80. The van der Waals surface area contributed by atoms with Crippen molar-refractivity contribution in [3.8, 4) is 0 Å². The smallest absolute Gasteiger partial charge is 0.0730 e. The van der Waals surface area contributed by atoms with Crippen LogP contribution in [0.15, 0.2) is 12.3 Å². The molecule has 90 valence electrons. The van der Waals surface area contributed by atoms with E-state index in [9.17, 15) is 0 Å². The highest BCUT2D eigenvalue weighted by Crippen LogP contribution is 2.17. The highest BCUT2D eigenvalue weighted by Gasteiger charge is 2.23. The first-order valence-corrected chi connectivity index (χ1v) is 6.08. The van der Waals surface area contributed by atoms with Gasteiger partial charge in [0.15, 0.2) is 0 Å². The second-order valence-electron chi connectivity index (χ2n) is 4.80. The summed E-state index contributed by atoms with van der Waals surface area (Å²) in [6.45, 7) is 5.10. The van der Waals surface area contributed by atoms with Gasteiger partial charge in [-0.3, -0.25) is 4.68 Å². The third kappa shape index (κ3) is 2.62. The predicted octanol–water partition coefficient (Wildman–Crippen LogP) is 1.51. The number of nitrogens with two attached hydrogens (primary N) is 1. The molecular formula is C12H21N3O. The van der Waals surface area contributed by atoms with Crippen LogP contribution in [-0.2, 0) is 11.2 Å². The molecule has 1 aliphatic rings. The largest absolute Gasteiger partial charge is 0.377 e. The summed E-state index contributed by atoms with van der Waals surface area (Å²) in [6, 6.07) is 2.54. The Hall–Kier alpha value is -0.870. The summed E-state index contributed by atoms with van der Waals surface area (Å²) < 4.78 is 7.55. The zero-order valence-electron chi connectivity index (χ0n) is 10.1. The van der Waals surface area contributed by atoms with Gasteiger partial charge in [0.05, 0.1) is 11.8 Å². The number of aromatic nitrogens is 2. The molecule has 0 aromatic carbocycles. The molecule has 1 aliphatic heterocycles. The molecule has 4 nitrogen and oxygen atoms in total. The highest BCUT2D eigenvalue weighted by molar-refractivity contribution is 5.03. The lowest BCUT2D eigenvalue weighted by Gasteiger charge is -2.17. The van der Waals surface area contributed by atoms with Crippen LogP contribution in [0.25, 0.3) is 0 Å². The molecule has 16 heavy (non-hydrogen) atoms. The van der Waals surface area contributed by atoms with E-state index in [1.807, 2.05) is 10.9 Å². The van der Waals surface area contributed by atoms with Gasteiger partial charge in [-0.2, -0.15) is 5.10 Å². The molecule has 0 spiro atoms. The minimum Gasteiger partial charge on any atom is -0.377 e. The van der Waals surface area contributed by atoms with Crippen molar-refractivity contribution in [1.82, 2.24) is 9.78 Å². The number of rotatable bonds is 4. The molecular weight excluding hydrogens is 202 g/mol. The maximum atomic E-state index is 6.12. The van der Waals surface area contributed by atoms with Crippen LogP contribution in [0, 0.1) is 0 Å². The lowest BCUT2D eigenvalue weighted by atomic mass is 10.0. The Morgan fingerprint density at radius 1 is 1.62 bits per heavy atom. The van der Waals surface area contributed by atoms with Gasteiger partial charge in [0, 0.05) is 31.3 Å². The van der Waals surface area contributed by atoms with Crippen LogP contribution in [0.1, 0.15) is 38.4 Å². The van der Waals surface area contributed by atoms with Crippen molar-refractivity contribution in [3.63, 3.8) is 0 Å². The van der Waals surface area contributed by atoms with E-state index in [1.165, 1.54) is 0 Å². The maximum Gasteiger partial charge on any atom is 0.0730 e. The van der Waals surface area contributed by atoms with E-state index < -0.39 is 0 Å². The van der Waals surface area contributed by atoms with Crippen LogP contribution in [0.2, 0.25) is 0 Å². The fourth-order valence-corrected chi connectivity index (χ4v) is 2.09. The van der Waals surface area contributed by atoms with Crippen LogP contribution in [0.3, 0.4) is 0 Å². The number of hydrogen-bond acceptors (Lipinski definition) is 3. The van der Waals surface area contributed by atoms with Gasteiger partial charge in [-0.15, -0.1) is 0 Å². The van der Waals surface area contributed by atoms with Gasteiger partial charge < -0.3 is 10.5 Å². The molecule has 2 atom stereocenters. The SMILES string of the molecule is CC(C)n1ccc(CC(N)C2CCCO2)n1. The molecule has 1 saturated heterocycles. The molecule has 2 N–H and O–H groups in total. The molecule has 4 heteroatoms. The van der Waals surface area contributed by atoms with Gasteiger partial charge in [-0.1, -0.05) is 0 Å². The molecule has 0 bridgehead atoms. The lowest BCUT2D eigenvalue weighted by molar-refractivity contribution is 0.0897. The topological polar surface area (TPSA) is 53.1 Å². The van der Waals surface area contributed by atoms with E-state index >= 15 is 0 Å². The molecule has 1 aromatic heterocycles. The van der Waals surface area contributed by atoms with E-state index in [0.717, 1.165) is 31.6 Å². The first kappa shape index (κ1) is 11.6. The Morgan fingerprint density at radius 2 is 2.44 bits per heavy atom. The van der Waals surface area contributed by atoms with Crippen LogP contribution >= 0.6 is 0 Å². The predicted molar refractivity (Wildman–Crippen MR) is 63.3 cm³/mol. The van der Waals surface area contributed by atoms with E-state index in [4.69, 9.17) is 10.5 Å². The fourth-order valence-electron chi connectivity index (χ4n) is 2.09. The average Bonchev–Trinajstić information content (AvgIpc) is 2.87. The van der Waals surface area contributed by atoms with Gasteiger partial charge in [-0.25, -0.2) is 0 Å². The quantitative estimate of drug-likeness (QED) is 0.842. The molecule has 2 unspecified atom stereocenters. The summed E-state index contributed by atoms with van der Waals surface area (Å²) in [7, 11) is 0. The zero-order chi connectivity index (χ0) is 11.5. The third-order valence-electron chi connectivity index (χ3n) is 3.08. The van der Waals surface area contributed by atoms with Crippen LogP contribution in [0.4, 0.5) is 0 Å². The first-order chi connectivity index (χ1) is 7.66. The normalized spacial score (nSPS) is 22.9. The highest BCUT2D eigenvalue weighted by atomic mass is 16.5. The zero-order valence-corrected chi connectivity index (χ0v) is 10.1. The van der Waals surface area contributed by atoms with E-state index in [2.05, 4.69) is 25.0 Å². The van der Waals surface area contributed by atoms with E-state index in [0.29, 0.717) is 6.04 Å². The van der Waals surface area contributed by atoms with Crippen LogP contribution < -0.4 is 5.73 Å². The minimum atomic E-state index is 0.0815. The van der Waals surface area contributed by atoms with Crippen molar-refractivity contribution in [2.45, 2.75) is 51.3 Å². The number of nitrogens with zero attached hydrogens (tertiary/aromatic N) is 2. The molecule has 0 amide bonds. The molecule has 0 aliphatic carbocycles. The summed E-state index contributed by atoms with van der Waals surface area (Å²) in [5.41, 5.74) is 7.19. The molecule has 0 radical (unpaired) electrons. The molecule has 2 rings (SSSR count). The van der Waals surface area contributed by atoms with Crippen molar-refractivity contribution in [2.75, 3.05) is 6.61 Å². The Kier molecular flexibility index (Phi) is 3.61. The van der Waals surface area contributed by atoms with Gasteiger partial charge in [0.2, 0.25) is 0 Å². The summed E-state index contributed by atoms with van der Waals surface area (Å²) in [4.78, 5) is 0. The van der Waals surface area contributed by atoms with Crippen molar-refractivity contribution in [2.24, 2.45) is 5.73 Å². The van der Waals surface area contributed by atoms with Crippen molar-refractivity contribution in [3.05, 3.63) is 18.0 Å². The lowest BCUT2D eigenvalue weighted by Crippen LogP contribution is -2.36. The second kappa shape index (κ2) is 4.97. The average molecular weight is 223 g/mol. The van der Waals surface area contributed by atoms with Gasteiger partial charge in [0.1, 0.15) is 0 Å². The molecule has 1 aromatic rings. The minimum absolute atomic E-state index is 0.0815. The number of ether oxygens (including phenoxy) is 1. The van der Waals surface area contributed by atoms with Gasteiger partial charge in [-0.05, 0) is 32.8 Å². The molecule has 1 fully saturated rings. The van der Waals surface area contributed by atoms with Crippen LogP contribution in [0.5, 0.6) is 0 Å². The Bertz CT molecular complexity index is 329. The first-order valence-electron chi connectivity index (χ1n) is 6.08. The Labute approximate surface area is 96.8 Å². The Morgan fingerprint density at radius 3 is 3.00 bits per heavy atom. The van der Waals surface area contributed by atoms with Crippen molar-refractivity contribution < 1.29 is 4.74 Å². The Balaban J connectivity index is 1.92. The third-order valence-corrected chi connectivity index (χ3v) is 3.08. The van der Waals surface area contributed by atoms with E-state index in [-0.39, 0.29) is 12.1 Å². The van der Waals surface area contributed by atoms with Crippen LogP contribution in [-0.4, -0.2) is 28.5 Å². The van der Waals surface area contributed by atoms with Gasteiger partial charge in [0.25, 0.3) is 0 Å². The van der Waals surface area contributed by atoms with Crippen molar-refractivity contribution >= 4 is 0 Å². The van der Waals surface area contributed by atoms with Gasteiger partial charge >= 0.3 is 0 Å². The van der Waals surface area contributed by atoms with Crippen molar-refractivity contribution in [1.29, 1.82) is 0 Å². The summed E-state index contributed by atoms with van der Waals surface area (Å²) >= 11 is 0. The maximum absolute atomic E-state index is 6.12. The summed E-state index contributed by atoms with van der Waals surface area (Å²) in [5.74, 6) is 0. The number of hydrogen-bond donors (Lipinski definition) is 1. The standard InChI is InChI=1S/C12H21N3O/c1-9(2)15-6-5-10(14-15)8-11(13)12-4-3-7-16-12/h5-6,9,11-12H,3-4,7-8,13H2,1-2H3.